The molecular formula is C21H25F4N3O7. The summed E-state index contributed by atoms with van der Waals surface area (Å²) < 4.78 is 66.6. The van der Waals surface area contributed by atoms with Crippen LogP contribution in [-0.4, -0.2) is 72.2 Å². The van der Waals surface area contributed by atoms with Gasteiger partial charge in [0.1, 0.15) is 24.6 Å². The fraction of sp³-hybridized carbons (Fsp3) is 0.524. The second kappa shape index (κ2) is 11.3. The van der Waals surface area contributed by atoms with Gasteiger partial charge in [-0.3, -0.25) is 15.0 Å². The maximum absolute atomic E-state index is 14.1. The van der Waals surface area contributed by atoms with Gasteiger partial charge in [0.05, 0.1) is 35.8 Å². The molecule has 1 fully saturated rings. The van der Waals surface area contributed by atoms with E-state index in [2.05, 4.69) is 0 Å². The van der Waals surface area contributed by atoms with Crippen LogP contribution in [0.5, 0.6) is 0 Å². The van der Waals surface area contributed by atoms with Crippen LogP contribution >= 0.6 is 0 Å². The molecule has 0 bridgehead atoms. The van der Waals surface area contributed by atoms with Crippen LogP contribution < -0.4 is 5.32 Å². The third kappa shape index (κ3) is 9.03. The molecule has 0 unspecified atom stereocenters. The molecule has 0 aromatic heterocycles. The lowest BCUT2D eigenvalue weighted by molar-refractivity contribution is -0.385. The highest BCUT2D eigenvalue weighted by Gasteiger charge is 2.35. The number of carbonyl (C=O) groups is 2. The molecule has 2 amide bonds. The number of morpholine rings is 1. The highest BCUT2D eigenvalue weighted by Crippen LogP contribution is 2.24. The molecule has 1 aromatic carbocycles. The van der Waals surface area contributed by atoms with Crippen molar-refractivity contribution in [2.75, 3.05) is 26.3 Å². The van der Waals surface area contributed by atoms with E-state index in [0.29, 0.717) is 0 Å². The lowest BCUT2D eigenvalue weighted by Gasteiger charge is -2.39. The Morgan fingerprint density at radius 1 is 1.31 bits per heavy atom. The molecule has 1 aliphatic rings. The van der Waals surface area contributed by atoms with Crippen LogP contribution in [0.15, 0.2) is 24.3 Å². The second-order valence-electron chi connectivity index (χ2n) is 8.51. The van der Waals surface area contributed by atoms with Gasteiger partial charge < -0.3 is 19.5 Å². The molecule has 14 heteroatoms. The Morgan fingerprint density at radius 2 is 2.00 bits per heavy atom. The van der Waals surface area contributed by atoms with Crippen molar-refractivity contribution >= 4 is 23.9 Å². The molecule has 1 aromatic rings. The van der Waals surface area contributed by atoms with E-state index in [4.69, 9.17) is 14.2 Å². The summed E-state index contributed by atoms with van der Waals surface area (Å²) >= 11 is 0. The Balaban J connectivity index is 2.13. The van der Waals surface area contributed by atoms with Crippen LogP contribution in [0.25, 0.3) is 6.08 Å². The predicted octanol–water partition coefficient (Wildman–Crippen LogP) is 4.04. The molecule has 1 saturated heterocycles. The maximum Gasteiger partial charge on any atom is 0.410 e. The second-order valence-corrected chi connectivity index (χ2v) is 8.51. The molecule has 2 atom stereocenters. The van der Waals surface area contributed by atoms with Crippen molar-refractivity contribution in [2.24, 2.45) is 0 Å². The summed E-state index contributed by atoms with van der Waals surface area (Å²) in [6.45, 7) is 2.42. The van der Waals surface area contributed by atoms with Crippen LogP contribution in [-0.2, 0) is 14.2 Å². The monoisotopic (exact) mass is 507 g/mol. The van der Waals surface area contributed by atoms with Crippen molar-refractivity contribution in [1.82, 2.24) is 10.2 Å². The number of ether oxygens (including phenoxy) is 3. The molecule has 35 heavy (non-hydrogen) atoms. The molecule has 10 nitrogen and oxygen atoms in total. The van der Waals surface area contributed by atoms with E-state index in [9.17, 15) is 37.3 Å². The van der Waals surface area contributed by atoms with Gasteiger partial charge in [0, 0.05) is 6.07 Å². The van der Waals surface area contributed by atoms with Gasteiger partial charge in [-0.25, -0.2) is 14.0 Å². The van der Waals surface area contributed by atoms with E-state index >= 15 is 0 Å². The van der Waals surface area contributed by atoms with Crippen LogP contribution in [0.3, 0.4) is 0 Å². The van der Waals surface area contributed by atoms with E-state index in [1.807, 2.05) is 0 Å². The number of halogens is 4. The highest BCUT2D eigenvalue weighted by molar-refractivity contribution is 5.70. The fourth-order valence-corrected chi connectivity index (χ4v) is 2.97. The zero-order valence-corrected chi connectivity index (χ0v) is 19.1. The molecule has 0 saturated carbocycles. The summed E-state index contributed by atoms with van der Waals surface area (Å²) in [7, 11) is 0. The van der Waals surface area contributed by atoms with Crippen molar-refractivity contribution in [3.8, 4) is 0 Å². The van der Waals surface area contributed by atoms with Gasteiger partial charge in [-0.1, -0.05) is 12.1 Å². The van der Waals surface area contributed by atoms with Gasteiger partial charge in [-0.2, -0.15) is 13.2 Å². The summed E-state index contributed by atoms with van der Waals surface area (Å²) in [6.07, 6.45) is -5.11. The number of hydrogen-bond acceptors (Lipinski definition) is 7. The predicted molar refractivity (Wildman–Crippen MR) is 114 cm³/mol. The topological polar surface area (TPSA) is 120 Å². The standard InChI is InChI=1S/C21H25F4N3O7/c1-20(2,3)35-19(30)27-9-14(7-8-15-16(22)5-4-6-17(15)28(31)32)33-10-13(27)11-34-18(29)26-12-21(23,24)25/h4-8,13-14H,9-12H2,1-3H3,(H,26,29)/t13-,14+/m0/s1. The third-order valence-electron chi connectivity index (χ3n) is 4.49. The number of nitro groups is 1. The normalized spacial score (nSPS) is 18.9. The SMILES string of the molecule is CC(C)(C)OC(=O)N1C[C@@H](C=Cc2c(F)cccc2[N+](=O)[O-])OC[C@H]1COC(=O)NCC(F)(F)F. The molecular weight excluding hydrogens is 482 g/mol. The molecule has 1 N–H and O–H groups in total. The number of rotatable bonds is 6. The molecule has 2 rings (SSSR count). The van der Waals surface area contributed by atoms with Crippen molar-refractivity contribution in [2.45, 2.75) is 44.7 Å². The zero-order valence-electron chi connectivity index (χ0n) is 19.1. The number of hydrogen-bond donors (Lipinski definition) is 1. The number of nitro benzene ring substituents is 1. The summed E-state index contributed by atoms with van der Waals surface area (Å²) in [5.41, 5.74) is -1.63. The van der Waals surface area contributed by atoms with Crippen LogP contribution in [0, 0.1) is 15.9 Å². The first-order valence-electron chi connectivity index (χ1n) is 10.4. The molecule has 1 aliphatic heterocycles. The van der Waals surface area contributed by atoms with E-state index in [-0.39, 0.29) is 18.7 Å². The number of nitrogens with one attached hydrogen (secondary N) is 1. The van der Waals surface area contributed by atoms with Gasteiger partial charge in [0.25, 0.3) is 5.69 Å². The average molecular weight is 507 g/mol. The zero-order chi connectivity index (χ0) is 26.4. The number of carbonyl (C=O) groups excluding carboxylic acids is 2. The van der Waals surface area contributed by atoms with E-state index in [1.165, 1.54) is 12.1 Å². The summed E-state index contributed by atoms with van der Waals surface area (Å²) in [4.78, 5) is 35.9. The first-order valence-corrected chi connectivity index (χ1v) is 10.4. The highest BCUT2D eigenvalue weighted by atomic mass is 19.4. The minimum absolute atomic E-state index is 0.161. The maximum atomic E-state index is 14.1. The van der Waals surface area contributed by atoms with Crippen molar-refractivity contribution < 1.29 is 46.3 Å². The van der Waals surface area contributed by atoms with E-state index < -0.39 is 65.7 Å². The Kier molecular flexibility index (Phi) is 9.01. The van der Waals surface area contributed by atoms with Crippen molar-refractivity contribution in [3.63, 3.8) is 0 Å². The Bertz CT molecular complexity index is 963. The first-order chi connectivity index (χ1) is 16.2. The lowest BCUT2D eigenvalue weighted by Crippen LogP contribution is -2.55. The van der Waals surface area contributed by atoms with Gasteiger partial charge in [0.15, 0.2) is 0 Å². The van der Waals surface area contributed by atoms with Crippen molar-refractivity contribution in [3.05, 3.63) is 45.8 Å². The molecule has 0 spiro atoms. The Morgan fingerprint density at radius 3 is 2.60 bits per heavy atom. The number of nitrogens with zero attached hydrogens (tertiary/aromatic N) is 2. The first kappa shape index (κ1) is 27.8. The van der Waals surface area contributed by atoms with Crippen LogP contribution in [0.2, 0.25) is 0 Å². The average Bonchev–Trinajstić information content (AvgIpc) is 2.73. The van der Waals surface area contributed by atoms with Gasteiger partial charge >= 0.3 is 18.4 Å². The number of alkyl halides is 3. The van der Waals surface area contributed by atoms with Gasteiger partial charge in [-0.05, 0) is 32.9 Å². The third-order valence-corrected chi connectivity index (χ3v) is 4.49. The van der Waals surface area contributed by atoms with Crippen LogP contribution in [0.4, 0.5) is 32.8 Å². The summed E-state index contributed by atoms with van der Waals surface area (Å²) in [5, 5.41) is 12.7. The van der Waals surface area contributed by atoms with Gasteiger partial charge in [-0.15, -0.1) is 0 Å². The Labute approximate surface area is 197 Å². The Hall–Kier alpha value is -3.42. The number of alkyl carbamates (subject to hydrolysis) is 1. The summed E-state index contributed by atoms with van der Waals surface area (Å²) in [5.74, 6) is -0.827. The molecule has 0 radical (unpaired) electrons. The van der Waals surface area contributed by atoms with E-state index in [0.717, 1.165) is 23.1 Å². The molecule has 0 aliphatic carbocycles. The molecule has 194 valence electrons. The van der Waals surface area contributed by atoms with Gasteiger partial charge in [0.2, 0.25) is 0 Å². The minimum atomic E-state index is -4.62. The lowest BCUT2D eigenvalue weighted by atomic mass is 10.1. The van der Waals surface area contributed by atoms with Crippen LogP contribution in [0.1, 0.15) is 26.3 Å². The minimum Gasteiger partial charge on any atom is -0.447 e. The van der Waals surface area contributed by atoms with E-state index in [1.54, 1.807) is 26.1 Å². The largest absolute Gasteiger partial charge is 0.447 e. The molecule has 1 heterocycles. The quantitative estimate of drug-likeness (QED) is 0.351. The fourth-order valence-electron chi connectivity index (χ4n) is 2.97. The number of amides is 2. The summed E-state index contributed by atoms with van der Waals surface area (Å²) in [6, 6.07) is 2.49. The number of benzene rings is 1. The smallest absolute Gasteiger partial charge is 0.410 e. The van der Waals surface area contributed by atoms with Crippen molar-refractivity contribution in [1.29, 1.82) is 0 Å².